The topological polar surface area (TPSA) is 134 Å². The zero-order chi connectivity index (χ0) is 26.5. The number of nitrogens with two attached hydrogens (primary N) is 2. The van der Waals surface area contributed by atoms with Gasteiger partial charge in [0.1, 0.15) is 24.1 Å². The molecule has 0 spiro atoms. The van der Waals surface area contributed by atoms with E-state index in [2.05, 4.69) is 5.32 Å². The molecule has 0 saturated carbocycles. The Morgan fingerprint density at radius 3 is 2.36 bits per heavy atom. The second-order valence-electron chi connectivity index (χ2n) is 8.10. The number of esters is 1. The van der Waals surface area contributed by atoms with Crippen molar-refractivity contribution in [3.05, 3.63) is 71.8 Å². The molecule has 0 unspecified atom stereocenters. The number of alkyl halides is 3. The lowest BCUT2D eigenvalue weighted by molar-refractivity contribution is -0.147. The second kappa shape index (κ2) is 11.1. The van der Waals surface area contributed by atoms with Gasteiger partial charge in [0.2, 0.25) is 5.91 Å². The van der Waals surface area contributed by atoms with E-state index in [9.17, 15) is 27.6 Å². The van der Waals surface area contributed by atoms with Crippen molar-refractivity contribution < 1.29 is 37.0 Å². The van der Waals surface area contributed by atoms with Crippen LogP contribution in [0.3, 0.4) is 0 Å². The predicted octanol–water partition coefficient (Wildman–Crippen LogP) is 3.52. The molecule has 0 bridgehead atoms. The third kappa shape index (κ3) is 6.95. The van der Waals surface area contributed by atoms with E-state index in [1.54, 1.807) is 43.3 Å². The van der Waals surface area contributed by atoms with Crippen LogP contribution < -0.4 is 21.5 Å². The van der Waals surface area contributed by atoms with Crippen molar-refractivity contribution in [3.63, 3.8) is 0 Å². The van der Waals surface area contributed by atoms with Gasteiger partial charge in [-0.25, -0.2) is 0 Å². The Kier molecular flexibility index (Phi) is 8.15. The molecule has 190 valence electrons. The Morgan fingerprint density at radius 1 is 1.03 bits per heavy atom. The van der Waals surface area contributed by atoms with Crippen LogP contribution >= 0.6 is 0 Å². The molecule has 0 heterocycles. The quantitative estimate of drug-likeness (QED) is 0.383. The first kappa shape index (κ1) is 26.5. The highest BCUT2D eigenvalue weighted by Gasteiger charge is 2.30. The first-order valence-electron chi connectivity index (χ1n) is 10.8. The Bertz CT molecular complexity index is 1260. The van der Waals surface area contributed by atoms with Crippen molar-refractivity contribution in [1.29, 1.82) is 0 Å². The average molecular weight is 503 g/mol. The van der Waals surface area contributed by atoms with E-state index >= 15 is 0 Å². The number of carbonyl (C=O) groups excluding carboxylic acids is 3. The summed E-state index contributed by atoms with van der Waals surface area (Å²) in [5.74, 6) is -1.31. The summed E-state index contributed by atoms with van der Waals surface area (Å²) in [7, 11) is 0. The maximum Gasteiger partial charge on any atom is 0.416 e. The second-order valence-corrected chi connectivity index (χ2v) is 8.10. The summed E-state index contributed by atoms with van der Waals surface area (Å²) in [6.07, 6.45) is -4.78. The fourth-order valence-corrected chi connectivity index (χ4v) is 3.29. The molecule has 3 aromatic rings. The van der Waals surface area contributed by atoms with E-state index in [0.29, 0.717) is 22.1 Å². The smallest absolute Gasteiger partial charge is 0.416 e. The van der Waals surface area contributed by atoms with Gasteiger partial charge in [0.05, 0.1) is 18.0 Å². The van der Waals surface area contributed by atoms with Crippen LogP contribution in [0.25, 0.3) is 10.8 Å². The largest absolute Gasteiger partial charge is 0.462 e. The predicted molar refractivity (Wildman–Crippen MR) is 125 cm³/mol. The summed E-state index contributed by atoms with van der Waals surface area (Å²) < 4.78 is 49.1. The van der Waals surface area contributed by atoms with E-state index in [0.717, 1.165) is 12.1 Å². The molecule has 0 saturated heterocycles. The van der Waals surface area contributed by atoms with Gasteiger partial charge in [-0.2, -0.15) is 13.2 Å². The minimum absolute atomic E-state index is 0.157. The summed E-state index contributed by atoms with van der Waals surface area (Å²) in [5.41, 5.74) is 10.1. The van der Waals surface area contributed by atoms with E-state index in [1.165, 1.54) is 12.1 Å². The minimum Gasteiger partial charge on any atom is -0.462 e. The monoisotopic (exact) mass is 503 g/mol. The molecule has 0 radical (unpaired) electrons. The molecule has 5 N–H and O–H groups in total. The molecule has 11 heteroatoms. The molecular formula is C25H24F3N3O5. The summed E-state index contributed by atoms with van der Waals surface area (Å²) in [6.45, 7) is 1.47. The highest BCUT2D eigenvalue weighted by Crippen LogP contribution is 2.33. The number of carbonyl (C=O) groups is 3. The molecule has 0 aromatic heterocycles. The lowest BCUT2D eigenvalue weighted by Gasteiger charge is -2.16. The number of benzene rings is 3. The summed E-state index contributed by atoms with van der Waals surface area (Å²) in [6, 6.07) is 12.6. The average Bonchev–Trinajstić information content (AvgIpc) is 2.81. The Morgan fingerprint density at radius 2 is 1.72 bits per heavy atom. The van der Waals surface area contributed by atoms with Crippen molar-refractivity contribution in [2.75, 3.05) is 6.61 Å². The normalized spacial score (nSPS) is 13.0. The van der Waals surface area contributed by atoms with Crippen molar-refractivity contribution in [1.82, 2.24) is 5.32 Å². The SMILES string of the molecule is C[C@H](COC(=O)[C@@H](N)CC(N)=O)NC(=O)c1ccc2c(Oc3ccc(C(F)(F)F)cc3)cccc2c1. The fourth-order valence-electron chi connectivity index (χ4n) is 3.29. The maximum absolute atomic E-state index is 12.8. The standard InChI is InChI=1S/C25H24F3N3O5/c1-14(13-35-24(34)20(29)12-22(30)32)31-23(33)16-5-10-19-15(11-16)3-2-4-21(19)36-18-8-6-17(7-9-18)25(26,27)28/h2-11,14,20H,12-13,29H2,1H3,(H2,30,32)(H,31,33)/t14-,20+/m1/s1. The Balaban J connectivity index is 1.65. The molecule has 0 aliphatic rings. The zero-order valence-corrected chi connectivity index (χ0v) is 19.2. The Labute approximate surface area is 204 Å². The number of rotatable bonds is 9. The van der Waals surface area contributed by atoms with Crippen LogP contribution in [-0.4, -0.2) is 36.5 Å². The van der Waals surface area contributed by atoms with Gasteiger partial charge < -0.3 is 26.3 Å². The van der Waals surface area contributed by atoms with Gasteiger partial charge in [-0.3, -0.25) is 14.4 Å². The van der Waals surface area contributed by atoms with Gasteiger partial charge >= 0.3 is 12.1 Å². The van der Waals surface area contributed by atoms with Gasteiger partial charge in [0.15, 0.2) is 0 Å². The van der Waals surface area contributed by atoms with E-state index in [4.69, 9.17) is 20.9 Å². The molecule has 0 aliphatic carbocycles. The van der Waals surface area contributed by atoms with Crippen molar-refractivity contribution in [3.8, 4) is 11.5 Å². The summed E-state index contributed by atoms with van der Waals surface area (Å²) in [4.78, 5) is 35.3. The highest BCUT2D eigenvalue weighted by atomic mass is 19.4. The van der Waals surface area contributed by atoms with Gasteiger partial charge in [-0.1, -0.05) is 12.1 Å². The van der Waals surface area contributed by atoms with Crippen LogP contribution in [-0.2, 0) is 20.5 Å². The van der Waals surface area contributed by atoms with Crippen LogP contribution in [0.4, 0.5) is 13.2 Å². The van der Waals surface area contributed by atoms with Gasteiger partial charge in [-0.05, 0) is 60.8 Å². The minimum atomic E-state index is -4.44. The Hall–Kier alpha value is -4.12. The molecular weight excluding hydrogens is 479 g/mol. The third-order valence-corrected chi connectivity index (χ3v) is 5.09. The van der Waals surface area contributed by atoms with Crippen LogP contribution in [0.2, 0.25) is 0 Å². The first-order chi connectivity index (χ1) is 16.9. The number of primary amides is 1. The van der Waals surface area contributed by atoms with Crippen molar-refractivity contribution in [2.24, 2.45) is 11.5 Å². The third-order valence-electron chi connectivity index (χ3n) is 5.09. The molecule has 36 heavy (non-hydrogen) atoms. The summed E-state index contributed by atoms with van der Waals surface area (Å²) >= 11 is 0. The van der Waals surface area contributed by atoms with E-state index in [-0.39, 0.29) is 18.8 Å². The number of nitrogens with one attached hydrogen (secondary N) is 1. The molecule has 2 atom stereocenters. The van der Waals surface area contributed by atoms with E-state index in [1.807, 2.05) is 0 Å². The fraction of sp³-hybridized carbons (Fsp3) is 0.240. The number of fused-ring (bicyclic) bond motifs is 1. The van der Waals surface area contributed by atoms with Crippen molar-refractivity contribution in [2.45, 2.75) is 31.6 Å². The molecule has 0 aliphatic heterocycles. The lowest BCUT2D eigenvalue weighted by atomic mass is 10.1. The lowest BCUT2D eigenvalue weighted by Crippen LogP contribution is -2.40. The summed E-state index contributed by atoms with van der Waals surface area (Å²) in [5, 5.41) is 4.02. The number of amides is 2. The highest BCUT2D eigenvalue weighted by molar-refractivity contribution is 6.00. The molecule has 3 aromatic carbocycles. The van der Waals surface area contributed by atoms with Crippen LogP contribution in [0.15, 0.2) is 60.7 Å². The van der Waals surface area contributed by atoms with Crippen molar-refractivity contribution >= 4 is 28.6 Å². The first-order valence-corrected chi connectivity index (χ1v) is 10.8. The van der Waals surface area contributed by atoms with Crippen LogP contribution in [0.5, 0.6) is 11.5 Å². The molecule has 3 rings (SSSR count). The molecule has 2 amide bonds. The molecule has 0 fully saturated rings. The number of hydrogen-bond donors (Lipinski definition) is 3. The van der Waals surface area contributed by atoms with Gasteiger partial charge in [-0.15, -0.1) is 0 Å². The van der Waals surface area contributed by atoms with Gasteiger partial charge in [0, 0.05) is 10.9 Å². The number of hydrogen-bond acceptors (Lipinski definition) is 6. The van der Waals surface area contributed by atoms with E-state index < -0.39 is 41.6 Å². The van der Waals surface area contributed by atoms with Gasteiger partial charge in [0.25, 0.3) is 5.91 Å². The number of halogens is 3. The number of ether oxygens (including phenoxy) is 2. The maximum atomic E-state index is 12.8. The van der Waals surface area contributed by atoms with Crippen LogP contribution in [0.1, 0.15) is 29.3 Å². The van der Waals surface area contributed by atoms with Crippen LogP contribution in [0, 0.1) is 0 Å². The molecule has 8 nitrogen and oxygen atoms in total. The zero-order valence-electron chi connectivity index (χ0n) is 19.2.